The van der Waals surface area contributed by atoms with Gasteiger partial charge in [-0.15, -0.1) is 0 Å². The molecule has 15 heavy (non-hydrogen) atoms. The third kappa shape index (κ3) is 1.57. The molecule has 1 atom stereocenters. The highest BCUT2D eigenvalue weighted by molar-refractivity contribution is 5.80. The Labute approximate surface area is 90.5 Å². The molecule has 1 aliphatic heterocycles. The summed E-state index contributed by atoms with van der Waals surface area (Å²) in [6.45, 7) is 1.38. The fourth-order valence-electron chi connectivity index (χ4n) is 2.87. The molecule has 0 aromatic carbocycles. The van der Waals surface area contributed by atoms with Crippen LogP contribution in [0.3, 0.4) is 0 Å². The lowest BCUT2D eigenvalue weighted by Gasteiger charge is -2.30. The molecule has 0 spiro atoms. The number of amides is 1. The molecule has 3 fully saturated rings. The van der Waals surface area contributed by atoms with E-state index in [2.05, 4.69) is 0 Å². The summed E-state index contributed by atoms with van der Waals surface area (Å²) < 4.78 is 0. The van der Waals surface area contributed by atoms with E-state index >= 15 is 0 Å². The molecule has 84 valence electrons. The van der Waals surface area contributed by atoms with Crippen LogP contribution in [0.5, 0.6) is 0 Å². The number of hydrogen-bond donors (Lipinski definition) is 1. The maximum atomic E-state index is 12.0. The van der Waals surface area contributed by atoms with Crippen LogP contribution in [0.1, 0.15) is 38.5 Å². The van der Waals surface area contributed by atoms with Crippen molar-refractivity contribution in [1.82, 2.24) is 4.90 Å². The summed E-state index contributed by atoms with van der Waals surface area (Å²) in [6, 6.07) is 0. The van der Waals surface area contributed by atoms with Gasteiger partial charge in [-0.2, -0.15) is 0 Å². The third-order valence-electron chi connectivity index (χ3n) is 4.38. The zero-order valence-corrected chi connectivity index (χ0v) is 9.11. The van der Waals surface area contributed by atoms with Crippen molar-refractivity contribution in [2.24, 2.45) is 11.8 Å². The summed E-state index contributed by atoms with van der Waals surface area (Å²) in [6.07, 6.45) is 6.45. The first-order valence-electron chi connectivity index (χ1n) is 6.20. The number of likely N-dealkylation sites (tertiary alicyclic amines) is 1. The van der Waals surface area contributed by atoms with Crippen LogP contribution >= 0.6 is 0 Å². The third-order valence-corrected chi connectivity index (χ3v) is 4.38. The van der Waals surface area contributed by atoms with E-state index in [-0.39, 0.29) is 5.92 Å². The van der Waals surface area contributed by atoms with E-state index in [1.807, 2.05) is 4.90 Å². The lowest BCUT2D eigenvalue weighted by molar-refractivity contribution is -0.138. The SMILES string of the molecule is O=C(C1CCC1)N1CCC(O)(C2CC2)C1. The van der Waals surface area contributed by atoms with E-state index in [9.17, 15) is 9.90 Å². The zero-order chi connectivity index (χ0) is 10.5. The number of hydrogen-bond acceptors (Lipinski definition) is 2. The van der Waals surface area contributed by atoms with Crippen LogP contribution in [0.15, 0.2) is 0 Å². The number of aliphatic hydroxyl groups is 1. The number of β-amino-alcohol motifs (C(OH)–C–C–N with tert-alkyl or cyclic N) is 1. The van der Waals surface area contributed by atoms with E-state index in [1.54, 1.807) is 0 Å². The number of carbonyl (C=O) groups excluding carboxylic acids is 1. The summed E-state index contributed by atoms with van der Waals surface area (Å²) in [5.74, 6) is 1.07. The van der Waals surface area contributed by atoms with Crippen molar-refractivity contribution in [3.05, 3.63) is 0 Å². The summed E-state index contributed by atoms with van der Waals surface area (Å²) in [5, 5.41) is 10.3. The van der Waals surface area contributed by atoms with Crippen LogP contribution in [0.25, 0.3) is 0 Å². The van der Waals surface area contributed by atoms with Gasteiger partial charge in [-0.25, -0.2) is 0 Å². The molecule has 1 unspecified atom stereocenters. The molecule has 3 heteroatoms. The smallest absolute Gasteiger partial charge is 0.225 e. The molecule has 0 radical (unpaired) electrons. The van der Waals surface area contributed by atoms with E-state index in [1.165, 1.54) is 6.42 Å². The second kappa shape index (κ2) is 3.21. The maximum Gasteiger partial charge on any atom is 0.225 e. The molecule has 3 rings (SSSR count). The molecule has 0 bridgehead atoms. The molecule has 3 aliphatic rings. The molecular formula is C12H19NO2. The van der Waals surface area contributed by atoms with Crippen molar-refractivity contribution in [3.63, 3.8) is 0 Å². The molecule has 1 saturated heterocycles. The van der Waals surface area contributed by atoms with Gasteiger partial charge in [-0.05, 0) is 38.0 Å². The van der Waals surface area contributed by atoms with Gasteiger partial charge in [0.05, 0.1) is 5.60 Å². The number of rotatable bonds is 2. The Morgan fingerprint density at radius 3 is 2.53 bits per heavy atom. The Hall–Kier alpha value is -0.570. The first kappa shape index (κ1) is 9.64. The molecule has 0 aromatic rings. The molecular weight excluding hydrogens is 190 g/mol. The van der Waals surface area contributed by atoms with Crippen LogP contribution in [0.4, 0.5) is 0 Å². The minimum Gasteiger partial charge on any atom is -0.388 e. The summed E-state index contributed by atoms with van der Waals surface area (Å²) in [4.78, 5) is 13.9. The van der Waals surface area contributed by atoms with Gasteiger partial charge in [-0.3, -0.25) is 4.79 Å². The molecule has 2 aliphatic carbocycles. The summed E-state index contributed by atoms with van der Waals surface area (Å²) in [7, 11) is 0. The summed E-state index contributed by atoms with van der Waals surface area (Å²) >= 11 is 0. The standard InChI is InChI=1S/C12H19NO2/c14-11(9-2-1-3-9)13-7-6-12(15,8-13)10-4-5-10/h9-10,15H,1-8H2. The second-order valence-electron chi connectivity index (χ2n) is 5.52. The van der Waals surface area contributed by atoms with Gasteiger partial charge in [-0.1, -0.05) is 6.42 Å². The van der Waals surface area contributed by atoms with Gasteiger partial charge < -0.3 is 10.0 Å². The largest absolute Gasteiger partial charge is 0.388 e. The Morgan fingerprint density at radius 2 is 2.00 bits per heavy atom. The highest BCUT2D eigenvalue weighted by Gasteiger charge is 2.49. The molecule has 2 saturated carbocycles. The van der Waals surface area contributed by atoms with Crippen molar-refractivity contribution < 1.29 is 9.90 Å². The molecule has 3 nitrogen and oxygen atoms in total. The van der Waals surface area contributed by atoms with Gasteiger partial charge in [0.25, 0.3) is 0 Å². The van der Waals surface area contributed by atoms with Gasteiger partial charge in [0.1, 0.15) is 0 Å². The Bertz CT molecular complexity index is 283. The number of carbonyl (C=O) groups is 1. The van der Waals surface area contributed by atoms with Gasteiger partial charge in [0.15, 0.2) is 0 Å². The fourth-order valence-corrected chi connectivity index (χ4v) is 2.87. The van der Waals surface area contributed by atoms with Crippen LogP contribution in [-0.2, 0) is 4.79 Å². The Morgan fingerprint density at radius 1 is 1.27 bits per heavy atom. The zero-order valence-electron chi connectivity index (χ0n) is 9.11. The maximum absolute atomic E-state index is 12.0. The molecule has 1 heterocycles. The highest BCUT2D eigenvalue weighted by Crippen LogP contribution is 2.45. The van der Waals surface area contributed by atoms with Gasteiger partial charge >= 0.3 is 0 Å². The Kier molecular flexibility index (Phi) is 2.06. The lowest BCUT2D eigenvalue weighted by atomic mass is 9.84. The topological polar surface area (TPSA) is 40.5 Å². The van der Waals surface area contributed by atoms with Gasteiger partial charge in [0.2, 0.25) is 5.91 Å². The lowest BCUT2D eigenvalue weighted by Crippen LogP contribution is -2.41. The van der Waals surface area contributed by atoms with Crippen molar-refractivity contribution >= 4 is 5.91 Å². The monoisotopic (exact) mass is 209 g/mol. The first-order valence-corrected chi connectivity index (χ1v) is 6.20. The molecule has 0 aromatic heterocycles. The Balaban J connectivity index is 1.62. The molecule has 1 amide bonds. The average Bonchev–Trinajstić information content (AvgIpc) is 2.88. The first-order chi connectivity index (χ1) is 7.19. The van der Waals surface area contributed by atoms with Crippen LogP contribution in [-0.4, -0.2) is 34.6 Å². The average molecular weight is 209 g/mol. The van der Waals surface area contributed by atoms with Crippen molar-refractivity contribution in [1.29, 1.82) is 0 Å². The van der Waals surface area contributed by atoms with E-state index in [4.69, 9.17) is 0 Å². The predicted molar refractivity (Wildman–Crippen MR) is 56.2 cm³/mol. The van der Waals surface area contributed by atoms with E-state index in [0.29, 0.717) is 18.4 Å². The van der Waals surface area contributed by atoms with Gasteiger partial charge in [0, 0.05) is 19.0 Å². The normalized spacial score (nSPS) is 36.7. The van der Waals surface area contributed by atoms with Crippen LogP contribution < -0.4 is 0 Å². The molecule has 1 N–H and O–H groups in total. The minimum atomic E-state index is -0.528. The predicted octanol–water partition coefficient (Wildman–Crippen LogP) is 1.16. The van der Waals surface area contributed by atoms with Crippen LogP contribution in [0, 0.1) is 11.8 Å². The quantitative estimate of drug-likeness (QED) is 0.741. The minimum absolute atomic E-state index is 0.284. The fraction of sp³-hybridized carbons (Fsp3) is 0.917. The number of nitrogens with zero attached hydrogens (tertiary/aromatic N) is 1. The van der Waals surface area contributed by atoms with Crippen molar-refractivity contribution in [2.75, 3.05) is 13.1 Å². The summed E-state index contributed by atoms with van der Waals surface area (Å²) in [5.41, 5.74) is -0.528. The van der Waals surface area contributed by atoms with Crippen molar-refractivity contribution in [2.45, 2.75) is 44.1 Å². The van der Waals surface area contributed by atoms with E-state index < -0.39 is 5.60 Å². The highest BCUT2D eigenvalue weighted by atomic mass is 16.3. The van der Waals surface area contributed by atoms with E-state index in [0.717, 1.165) is 38.6 Å². The second-order valence-corrected chi connectivity index (χ2v) is 5.52. The van der Waals surface area contributed by atoms with Crippen LogP contribution in [0.2, 0.25) is 0 Å². The van der Waals surface area contributed by atoms with Crippen molar-refractivity contribution in [3.8, 4) is 0 Å².